The maximum Gasteiger partial charge on any atom is 0.410 e. The van der Waals surface area contributed by atoms with Crippen LogP contribution in [0, 0.1) is 0 Å². The molecule has 0 aromatic rings. The van der Waals surface area contributed by atoms with E-state index in [0.717, 1.165) is 11.2 Å². The van der Waals surface area contributed by atoms with Crippen molar-refractivity contribution in [2.75, 3.05) is 19.4 Å². The van der Waals surface area contributed by atoms with Gasteiger partial charge >= 0.3 is 6.09 Å². The number of carbonyl (C=O) groups is 1. The van der Waals surface area contributed by atoms with Crippen LogP contribution in [0.2, 0.25) is 0 Å². The van der Waals surface area contributed by atoms with Gasteiger partial charge in [0.25, 0.3) is 10.1 Å². The molecule has 1 aliphatic rings. The van der Waals surface area contributed by atoms with Crippen molar-refractivity contribution in [1.29, 1.82) is 0 Å². The second-order valence-electron chi connectivity index (χ2n) is 4.03. The zero-order valence-electron chi connectivity index (χ0n) is 10.3. The minimum atomic E-state index is -3.64. The number of likely N-dealkylation sites (tertiary alicyclic amines) is 1. The number of amides is 1. The molecule has 108 valence electrons. The molecule has 1 N–H and O–H groups in total. The summed E-state index contributed by atoms with van der Waals surface area (Å²) in [5, 5.41) is 8.96. The van der Waals surface area contributed by atoms with Crippen molar-refractivity contribution >= 4 is 33.5 Å². The molecule has 1 aliphatic heterocycles. The van der Waals surface area contributed by atoms with Gasteiger partial charge in [0, 0.05) is 6.42 Å². The Balaban J connectivity index is 2.76. The molecule has 19 heavy (non-hydrogen) atoms. The first-order valence-corrected chi connectivity index (χ1v) is 7.62. The van der Waals surface area contributed by atoms with Gasteiger partial charge in [0.1, 0.15) is 12.6 Å². The average molecular weight is 309 g/mol. The van der Waals surface area contributed by atoms with Crippen molar-refractivity contribution in [2.45, 2.75) is 18.6 Å². The summed E-state index contributed by atoms with van der Waals surface area (Å²) >= 11 is 4.64. The topological polar surface area (TPSA) is 93.1 Å². The van der Waals surface area contributed by atoms with Gasteiger partial charge in [0.15, 0.2) is 5.05 Å². The van der Waals surface area contributed by atoms with E-state index >= 15 is 0 Å². The molecule has 2 atom stereocenters. The second kappa shape index (κ2) is 6.31. The third-order valence-electron chi connectivity index (χ3n) is 2.42. The summed E-state index contributed by atoms with van der Waals surface area (Å²) in [6.07, 6.45) is 0.955. The summed E-state index contributed by atoms with van der Waals surface area (Å²) in [4.78, 5) is 12.9. The predicted molar refractivity (Wildman–Crippen MR) is 71.6 cm³/mol. The number of thiocarbonyl (C=S) groups is 1. The van der Waals surface area contributed by atoms with Crippen molar-refractivity contribution in [3.63, 3.8) is 0 Å². The van der Waals surface area contributed by atoms with Crippen LogP contribution < -0.4 is 0 Å². The number of aliphatic hydroxyl groups is 1. The molecular formula is C10H15NO6S2. The Hall–Kier alpha value is -1.19. The lowest BCUT2D eigenvalue weighted by molar-refractivity contribution is 0.110. The highest BCUT2D eigenvalue weighted by Gasteiger charge is 2.40. The highest BCUT2D eigenvalue weighted by molar-refractivity contribution is 7.86. The van der Waals surface area contributed by atoms with E-state index < -0.39 is 33.4 Å². The molecule has 0 bridgehead atoms. The summed E-state index contributed by atoms with van der Waals surface area (Å²) in [7, 11) is -3.64. The Bertz CT molecular complexity index is 474. The monoisotopic (exact) mass is 309 g/mol. The van der Waals surface area contributed by atoms with Gasteiger partial charge < -0.3 is 9.84 Å². The Morgan fingerprint density at radius 1 is 1.63 bits per heavy atom. The normalized spacial score (nSPS) is 23.1. The Labute approximate surface area is 116 Å². The smallest absolute Gasteiger partial charge is 0.410 e. The van der Waals surface area contributed by atoms with Crippen LogP contribution in [-0.4, -0.2) is 61.1 Å². The minimum absolute atomic E-state index is 0.0118. The first-order chi connectivity index (χ1) is 8.74. The van der Waals surface area contributed by atoms with Crippen LogP contribution in [0.5, 0.6) is 0 Å². The molecular weight excluding hydrogens is 294 g/mol. The molecule has 1 heterocycles. The lowest BCUT2D eigenvalue weighted by atomic mass is 10.2. The molecule has 0 unspecified atom stereocenters. The number of aliphatic hydroxyl groups excluding tert-OH is 1. The van der Waals surface area contributed by atoms with E-state index in [0.29, 0.717) is 0 Å². The molecule has 0 aliphatic carbocycles. The van der Waals surface area contributed by atoms with Gasteiger partial charge in [-0.05, 0) is 12.2 Å². The third kappa shape index (κ3) is 4.77. The summed E-state index contributed by atoms with van der Waals surface area (Å²) < 4.78 is 31.7. The Kier molecular flexibility index (Phi) is 5.27. The van der Waals surface area contributed by atoms with Crippen LogP contribution in [0.4, 0.5) is 4.79 Å². The van der Waals surface area contributed by atoms with Crippen molar-refractivity contribution < 1.29 is 27.2 Å². The fourth-order valence-electron chi connectivity index (χ4n) is 1.76. The van der Waals surface area contributed by atoms with Crippen molar-refractivity contribution in [1.82, 2.24) is 4.90 Å². The quantitative estimate of drug-likeness (QED) is 0.452. The summed E-state index contributed by atoms with van der Waals surface area (Å²) in [6.45, 7) is 3.39. The first-order valence-electron chi connectivity index (χ1n) is 5.40. The maximum atomic E-state index is 11.7. The van der Waals surface area contributed by atoms with E-state index in [-0.39, 0.29) is 19.6 Å². The van der Waals surface area contributed by atoms with Crippen LogP contribution in [-0.2, 0) is 19.0 Å². The molecule has 0 radical (unpaired) electrons. The zero-order chi connectivity index (χ0) is 14.6. The van der Waals surface area contributed by atoms with E-state index in [2.05, 4.69) is 18.8 Å². The molecule has 0 saturated carbocycles. The third-order valence-corrected chi connectivity index (χ3v) is 3.31. The summed E-state index contributed by atoms with van der Waals surface area (Å²) in [5.74, 6) is 0. The number of carbonyl (C=O) groups excluding carboxylic acids is 1. The van der Waals surface area contributed by atoms with Crippen LogP contribution in [0.3, 0.4) is 0 Å². The Morgan fingerprint density at radius 3 is 2.74 bits per heavy atom. The van der Waals surface area contributed by atoms with Crippen LogP contribution >= 0.6 is 12.2 Å². The van der Waals surface area contributed by atoms with E-state index in [1.807, 2.05) is 0 Å². The lowest BCUT2D eigenvalue weighted by Crippen LogP contribution is -2.40. The summed E-state index contributed by atoms with van der Waals surface area (Å²) in [5.41, 5.74) is 0. The molecule has 1 rings (SSSR count). The van der Waals surface area contributed by atoms with Gasteiger partial charge in [-0.15, -0.1) is 0 Å². The van der Waals surface area contributed by atoms with E-state index in [1.165, 1.54) is 6.08 Å². The average Bonchev–Trinajstić information content (AvgIpc) is 2.67. The number of ether oxygens (including phenoxy) is 1. The lowest BCUT2D eigenvalue weighted by Gasteiger charge is -2.21. The minimum Gasteiger partial charge on any atom is -0.500 e. The molecule has 0 spiro atoms. The van der Waals surface area contributed by atoms with Crippen molar-refractivity contribution in [3.05, 3.63) is 12.7 Å². The SMILES string of the molecule is C=CCOC(=O)N1C[C@H](OS(C)(=O)=O)C[C@H]1C(O)=S. The number of hydrogen-bond donors (Lipinski definition) is 1. The van der Waals surface area contributed by atoms with Crippen molar-refractivity contribution in [2.24, 2.45) is 0 Å². The number of hydrogen-bond acceptors (Lipinski definition) is 6. The largest absolute Gasteiger partial charge is 0.500 e. The molecule has 7 nitrogen and oxygen atoms in total. The molecule has 0 aromatic heterocycles. The highest BCUT2D eigenvalue weighted by Crippen LogP contribution is 2.23. The van der Waals surface area contributed by atoms with Gasteiger partial charge in [-0.2, -0.15) is 8.42 Å². The molecule has 9 heteroatoms. The first kappa shape index (κ1) is 15.9. The number of nitrogens with zero attached hydrogens (tertiary/aromatic N) is 1. The van der Waals surface area contributed by atoms with E-state index in [4.69, 9.17) is 8.92 Å². The molecule has 1 fully saturated rings. The fraction of sp³-hybridized carbons (Fsp3) is 0.600. The maximum absolute atomic E-state index is 11.7. The van der Waals surface area contributed by atoms with Crippen LogP contribution in [0.15, 0.2) is 12.7 Å². The number of rotatable bonds is 5. The van der Waals surface area contributed by atoms with Gasteiger partial charge in [-0.25, -0.2) is 4.79 Å². The van der Waals surface area contributed by atoms with Gasteiger partial charge in [-0.3, -0.25) is 9.08 Å². The van der Waals surface area contributed by atoms with Crippen LogP contribution in [0.25, 0.3) is 0 Å². The molecule has 0 aromatic carbocycles. The van der Waals surface area contributed by atoms with Crippen LogP contribution in [0.1, 0.15) is 6.42 Å². The fourth-order valence-corrected chi connectivity index (χ4v) is 2.62. The Morgan fingerprint density at radius 2 is 2.26 bits per heavy atom. The molecule has 1 amide bonds. The summed E-state index contributed by atoms with van der Waals surface area (Å²) in [6, 6.07) is -0.793. The van der Waals surface area contributed by atoms with E-state index in [9.17, 15) is 18.3 Å². The van der Waals surface area contributed by atoms with E-state index in [1.54, 1.807) is 0 Å². The second-order valence-corrected chi connectivity index (χ2v) is 6.05. The zero-order valence-corrected chi connectivity index (χ0v) is 11.9. The van der Waals surface area contributed by atoms with Crippen molar-refractivity contribution in [3.8, 4) is 0 Å². The molecule has 1 saturated heterocycles. The predicted octanol–water partition coefficient (Wildman–Crippen LogP) is 0.614. The van der Waals surface area contributed by atoms with Gasteiger partial charge in [0.05, 0.1) is 18.9 Å². The standard InChI is InChI=1S/C10H15NO6S2/c1-3-4-16-10(13)11-6-7(17-19(2,14)15)5-8(11)9(12)18/h3,7-8H,1,4-6H2,2H3,(H,12,18)/t7-,8+/m1/s1. The van der Waals surface area contributed by atoms with Gasteiger partial charge in [0.2, 0.25) is 0 Å². The van der Waals surface area contributed by atoms with Gasteiger partial charge in [-0.1, -0.05) is 12.7 Å². The highest BCUT2D eigenvalue weighted by atomic mass is 32.2.